The number of halogens is 2. The Morgan fingerprint density at radius 1 is 0.974 bits per heavy atom. The van der Waals surface area contributed by atoms with Gasteiger partial charge in [0.25, 0.3) is 0 Å². The summed E-state index contributed by atoms with van der Waals surface area (Å²) in [5.41, 5.74) is 2.42. The summed E-state index contributed by atoms with van der Waals surface area (Å²) in [6.45, 7) is 3.40. The maximum absolute atomic E-state index is 14.0. The minimum absolute atomic E-state index is 0.0132. The largest absolute Gasteiger partial charge is 0.355 e. The third-order valence-electron chi connectivity index (χ3n) is 6.04. The predicted octanol–water partition coefficient (Wildman–Crippen LogP) is 4.84. The summed E-state index contributed by atoms with van der Waals surface area (Å²) < 4.78 is 26.8. The SMILES string of the molecule is CCNC(=O)[C@H](Cc1ccccc1)N(Cc1ccccc1Cl)C(=O)CN(c1cc(Cl)ccc1C)S(C)(=O)=O. The van der Waals surface area contributed by atoms with E-state index in [9.17, 15) is 18.0 Å². The zero-order valence-electron chi connectivity index (χ0n) is 21.5. The van der Waals surface area contributed by atoms with Gasteiger partial charge in [-0.05, 0) is 48.7 Å². The number of hydrogen-bond donors (Lipinski definition) is 1. The molecule has 2 amide bonds. The van der Waals surface area contributed by atoms with E-state index in [1.165, 1.54) is 11.0 Å². The minimum Gasteiger partial charge on any atom is -0.355 e. The second-order valence-electron chi connectivity index (χ2n) is 8.91. The third kappa shape index (κ3) is 7.72. The molecule has 3 aromatic rings. The van der Waals surface area contributed by atoms with Gasteiger partial charge in [-0.3, -0.25) is 13.9 Å². The first-order valence-electron chi connectivity index (χ1n) is 12.1. The van der Waals surface area contributed by atoms with E-state index >= 15 is 0 Å². The number of amides is 2. The van der Waals surface area contributed by atoms with E-state index in [2.05, 4.69) is 5.32 Å². The zero-order valence-corrected chi connectivity index (χ0v) is 23.9. The van der Waals surface area contributed by atoms with Gasteiger partial charge in [-0.2, -0.15) is 0 Å². The van der Waals surface area contributed by atoms with Crippen molar-refractivity contribution in [2.24, 2.45) is 0 Å². The molecule has 7 nitrogen and oxygen atoms in total. The Kier molecular flexibility index (Phi) is 10.2. The number of anilines is 1. The summed E-state index contributed by atoms with van der Waals surface area (Å²) in [6.07, 6.45) is 1.27. The molecule has 0 radical (unpaired) electrons. The number of carbonyl (C=O) groups is 2. The maximum atomic E-state index is 14.0. The van der Waals surface area contributed by atoms with Gasteiger partial charge in [0.15, 0.2) is 0 Å². The van der Waals surface area contributed by atoms with Gasteiger partial charge in [0.05, 0.1) is 11.9 Å². The van der Waals surface area contributed by atoms with Crippen LogP contribution in [-0.4, -0.2) is 50.5 Å². The predicted molar refractivity (Wildman–Crippen MR) is 153 cm³/mol. The highest BCUT2D eigenvalue weighted by Gasteiger charge is 2.33. The van der Waals surface area contributed by atoms with Crippen LogP contribution >= 0.6 is 23.2 Å². The van der Waals surface area contributed by atoms with Crippen molar-refractivity contribution < 1.29 is 18.0 Å². The molecule has 38 heavy (non-hydrogen) atoms. The molecule has 0 spiro atoms. The van der Waals surface area contributed by atoms with E-state index in [0.29, 0.717) is 33.4 Å². The number of nitrogens with zero attached hydrogens (tertiary/aromatic N) is 2. The van der Waals surface area contributed by atoms with Crippen molar-refractivity contribution in [1.82, 2.24) is 10.2 Å². The van der Waals surface area contributed by atoms with Crippen LogP contribution in [0.1, 0.15) is 23.6 Å². The van der Waals surface area contributed by atoms with E-state index < -0.39 is 28.5 Å². The van der Waals surface area contributed by atoms with Crippen molar-refractivity contribution in [2.75, 3.05) is 23.7 Å². The quantitative estimate of drug-likeness (QED) is 0.354. The fourth-order valence-corrected chi connectivity index (χ4v) is 5.36. The summed E-state index contributed by atoms with van der Waals surface area (Å²) in [5.74, 6) is -0.900. The minimum atomic E-state index is -3.88. The van der Waals surface area contributed by atoms with Crippen molar-refractivity contribution in [2.45, 2.75) is 32.9 Å². The molecule has 0 saturated heterocycles. The van der Waals surface area contributed by atoms with E-state index in [1.807, 2.05) is 30.3 Å². The molecule has 0 aromatic heterocycles. The van der Waals surface area contributed by atoms with Gasteiger partial charge in [-0.15, -0.1) is 0 Å². The van der Waals surface area contributed by atoms with Crippen molar-refractivity contribution in [3.63, 3.8) is 0 Å². The molecule has 0 heterocycles. The monoisotopic (exact) mass is 575 g/mol. The average Bonchev–Trinajstić information content (AvgIpc) is 2.87. The lowest BCUT2D eigenvalue weighted by molar-refractivity contribution is -0.140. The second-order valence-corrected chi connectivity index (χ2v) is 11.7. The topological polar surface area (TPSA) is 86.8 Å². The second kappa shape index (κ2) is 13.1. The van der Waals surface area contributed by atoms with Gasteiger partial charge in [-0.1, -0.05) is 77.8 Å². The molecule has 3 rings (SSSR count). The van der Waals surface area contributed by atoms with Crippen molar-refractivity contribution >= 4 is 50.7 Å². The molecule has 0 bridgehead atoms. The number of sulfonamides is 1. The number of likely N-dealkylation sites (N-methyl/N-ethyl adjacent to an activating group) is 1. The summed E-state index contributed by atoms with van der Waals surface area (Å²) in [4.78, 5) is 28.7. The van der Waals surface area contributed by atoms with E-state index in [0.717, 1.165) is 16.1 Å². The smallest absolute Gasteiger partial charge is 0.244 e. The van der Waals surface area contributed by atoms with Gasteiger partial charge in [0, 0.05) is 29.6 Å². The van der Waals surface area contributed by atoms with E-state index in [1.54, 1.807) is 50.2 Å². The maximum Gasteiger partial charge on any atom is 0.244 e. The van der Waals surface area contributed by atoms with Crippen LogP contribution in [0.3, 0.4) is 0 Å². The molecule has 1 atom stereocenters. The molecular formula is C28H31Cl2N3O4S. The van der Waals surface area contributed by atoms with Crippen LogP contribution in [0.4, 0.5) is 5.69 Å². The molecule has 0 aliphatic rings. The summed E-state index contributed by atoms with van der Waals surface area (Å²) in [7, 11) is -3.88. The van der Waals surface area contributed by atoms with E-state index in [-0.39, 0.29) is 18.9 Å². The molecule has 0 fully saturated rings. The number of hydrogen-bond acceptors (Lipinski definition) is 4. The van der Waals surface area contributed by atoms with Crippen LogP contribution in [0.15, 0.2) is 72.8 Å². The van der Waals surface area contributed by atoms with Crippen LogP contribution in [0, 0.1) is 6.92 Å². The fraction of sp³-hybridized carbons (Fsp3) is 0.286. The fourth-order valence-electron chi connectivity index (χ4n) is 4.10. The third-order valence-corrected chi connectivity index (χ3v) is 7.77. The van der Waals surface area contributed by atoms with Crippen LogP contribution < -0.4 is 9.62 Å². The Balaban J connectivity index is 2.08. The first kappa shape index (κ1) is 29.5. The van der Waals surface area contributed by atoms with Crippen LogP contribution in [-0.2, 0) is 32.6 Å². The molecule has 202 valence electrons. The van der Waals surface area contributed by atoms with Gasteiger partial charge in [-0.25, -0.2) is 8.42 Å². The van der Waals surface area contributed by atoms with Crippen molar-refractivity contribution in [1.29, 1.82) is 0 Å². The first-order valence-corrected chi connectivity index (χ1v) is 14.7. The van der Waals surface area contributed by atoms with Gasteiger partial charge in [0.1, 0.15) is 12.6 Å². The molecule has 0 unspecified atom stereocenters. The molecule has 0 aliphatic carbocycles. The van der Waals surface area contributed by atoms with Crippen LogP contribution in [0.5, 0.6) is 0 Å². The lowest BCUT2D eigenvalue weighted by Gasteiger charge is -2.34. The van der Waals surface area contributed by atoms with Crippen molar-refractivity contribution in [3.05, 3.63) is 99.5 Å². The standard InChI is InChI=1S/C28H31Cl2N3O4S/c1-4-31-28(35)26(16-21-10-6-5-7-11-21)32(18-22-12-8-9-13-24(22)30)27(34)19-33(38(3,36)37)25-17-23(29)15-14-20(25)2/h5-15,17,26H,4,16,18-19H2,1-3H3,(H,31,35)/t26-/m0/s1. The molecule has 0 aliphatic heterocycles. The number of rotatable bonds is 11. The molecule has 3 aromatic carbocycles. The Hall–Kier alpha value is -3.07. The zero-order chi connectivity index (χ0) is 27.9. The first-order chi connectivity index (χ1) is 18.0. The lowest BCUT2D eigenvalue weighted by atomic mass is 10.0. The highest BCUT2D eigenvalue weighted by molar-refractivity contribution is 7.92. The Labute approximate surface area is 234 Å². The molecule has 10 heteroatoms. The van der Waals surface area contributed by atoms with Crippen LogP contribution in [0.25, 0.3) is 0 Å². The molecular weight excluding hydrogens is 545 g/mol. The normalized spacial score (nSPS) is 12.0. The summed E-state index contributed by atoms with van der Waals surface area (Å²) >= 11 is 12.6. The Bertz CT molecular complexity index is 1380. The Morgan fingerprint density at radius 3 is 2.26 bits per heavy atom. The Morgan fingerprint density at radius 2 is 1.63 bits per heavy atom. The van der Waals surface area contributed by atoms with Gasteiger partial charge >= 0.3 is 0 Å². The van der Waals surface area contributed by atoms with Crippen molar-refractivity contribution in [3.8, 4) is 0 Å². The number of aryl methyl sites for hydroxylation is 1. The van der Waals surface area contributed by atoms with Crippen LogP contribution in [0.2, 0.25) is 10.0 Å². The van der Waals surface area contributed by atoms with Gasteiger partial charge in [0.2, 0.25) is 21.8 Å². The molecule has 0 saturated carbocycles. The van der Waals surface area contributed by atoms with E-state index in [4.69, 9.17) is 23.2 Å². The highest BCUT2D eigenvalue weighted by Crippen LogP contribution is 2.27. The molecule has 1 N–H and O–H groups in total. The summed E-state index contributed by atoms with van der Waals surface area (Å²) in [5, 5.41) is 3.59. The lowest BCUT2D eigenvalue weighted by Crippen LogP contribution is -2.53. The summed E-state index contributed by atoms with van der Waals surface area (Å²) in [6, 6.07) is 20.3. The number of nitrogens with one attached hydrogen (secondary N) is 1. The average molecular weight is 577 g/mol. The van der Waals surface area contributed by atoms with Gasteiger partial charge < -0.3 is 10.2 Å². The number of benzene rings is 3. The number of carbonyl (C=O) groups excluding carboxylic acids is 2. The highest BCUT2D eigenvalue weighted by atomic mass is 35.5.